The van der Waals surface area contributed by atoms with Crippen LogP contribution in [0.1, 0.15) is 19.8 Å². The number of allylic oxidation sites excluding steroid dienone is 2. The summed E-state index contributed by atoms with van der Waals surface area (Å²) in [6, 6.07) is 0. The standard InChI is InChI=1S/C10H15NO/c1-2-3-8-11-9-6-4-5-7-10(9)12/h4-7,10,12H,2-3,8H2,1H3. The third-order valence-corrected chi connectivity index (χ3v) is 1.78. The van der Waals surface area contributed by atoms with Gasteiger partial charge in [0, 0.05) is 6.54 Å². The molecule has 12 heavy (non-hydrogen) atoms. The zero-order valence-electron chi connectivity index (χ0n) is 7.40. The van der Waals surface area contributed by atoms with E-state index < -0.39 is 6.10 Å². The van der Waals surface area contributed by atoms with Gasteiger partial charge in [0.1, 0.15) is 6.10 Å². The zero-order valence-corrected chi connectivity index (χ0v) is 7.40. The van der Waals surface area contributed by atoms with Crippen LogP contribution in [-0.4, -0.2) is 23.5 Å². The Labute approximate surface area is 73.3 Å². The van der Waals surface area contributed by atoms with E-state index in [2.05, 4.69) is 11.9 Å². The molecule has 0 aromatic heterocycles. The summed E-state index contributed by atoms with van der Waals surface area (Å²) in [6.07, 6.45) is 9.08. The van der Waals surface area contributed by atoms with E-state index in [-0.39, 0.29) is 0 Å². The first-order chi connectivity index (χ1) is 5.84. The van der Waals surface area contributed by atoms with Crippen molar-refractivity contribution in [2.75, 3.05) is 6.54 Å². The number of unbranched alkanes of at least 4 members (excludes halogenated alkanes) is 1. The fourth-order valence-electron chi connectivity index (χ4n) is 1.03. The van der Waals surface area contributed by atoms with E-state index >= 15 is 0 Å². The molecule has 0 saturated carbocycles. The van der Waals surface area contributed by atoms with Crippen LogP contribution in [0.25, 0.3) is 0 Å². The van der Waals surface area contributed by atoms with Crippen LogP contribution in [0.5, 0.6) is 0 Å². The Kier molecular flexibility index (Phi) is 3.74. The lowest BCUT2D eigenvalue weighted by molar-refractivity contribution is 0.289. The number of aliphatic imine (C=N–C) groups is 1. The second kappa shape index (κ2) is 4.88. The number of aliphatic hydroxyl groups is 1. The van der Waals surface area contributed by atoms with E-state index in [1.165, 1.54) is 0 Å². The van der Waals surface area contributed by atoms with Gasteiger partial charge in [-0.3, -0.25) is 4.99 Å². The summed E-state index contributed by atoms with van der Waals surface area (Å²) in [5.74, 6) is 0. The van der Waals surface area contributed by atoms with E-state index in [1.807, 2.05) is 18.2 Å². The predicted octanol–water partition coefficient (Wildman–Crippen LogP) is 1.71. The minimum Gasteiger partial charge on any atom is -0.383 e. The molecular weight excluding hydrogens is 150 g/mol. The number of aliphatic hydroxyl groups excluding tert-OH is 1. The fraction of sp³-hybridized carbons (Fsp3) is 0.500. The van der Waals surface area contributed by atoms with Crippen LogP contribution >= 0.6 is 0 Å². The highest BCUT2D eigenvalue weighted by atomic mass is 16.3. The molecule has 0 aliphatic heterocycles. The maximum absolute atomic E-state index is 9.40. The number of rotatable bonds is 3. The Morgan fingerprint density at radius 2 is 2.33 bits per heavy atom. The molecular formula is C10H15NO. The second-order valence-electron chi connectivity index (χ2n) is 2.85. The quantitative estimate of drug-likeness (QED) is 0.634. The van der Waals surface area contributed by atoms with E-state index in [1.54, 1.807) is 6.08 Å². The lowest BCUT2D eigenvalue weighted by Crippen LogP contribution is -2.17. The molecule has 66 valence electrons. The number of nitrogens with zero attached hydrogens (tertiary/aromatic N) is 1. The minimum absolute atomic E-state index is 0.494. The number of hydrogen-bond acceptors (Lipinski definition) is 2. The SMILES string of the molecule is CCCCN=C1C=CC=CC1O. The van der Waals surface area contributed by atoms with Gasteiger partial charge in [0.2, 0.25) is 0 Å². The first-order valence-corrected chi connectivity index (χ1v) is 4.42. The second-order valence-corrected chi connectivity index (χ2v) is 2.85. The van der Waals surface area contributed by atoms with Crippen molar-refractivity contribution in [2.24, 2.45) is 4.99 Å². The predicted molar refractivity (Wildman–Crippen MR) is 51.5 cm³/mol. The van der Waals surface area contributed by atoms with Crippen molar-refractivity contribution in [3.05, 3.63) is 24.3 Å². The van der Waals surface area contributed by atoms with Gasteiger partial charge in [-0.2, -0.15) is 0 Å². The third kappa shape index (κ3) is 2.62. The topological polar surface area (TPSA) is 32.6 Å². The third-order valence-electron chi connectivity index (χ3n) is 1.78. The molecule has 1 unspecified atom stereocenters. The van der Waals surface area contributed by atoms with Crippen molar-refractivity contribution < 1.29 is 5.11 Å². The molecule has 0 amide bonds. The van der Waals surface area contributed by atoms with Crippen molar-refractivity contribution in [3.63, 3.8) is 0 Å². The lowest BCUT2D eigenvalue weighted by Gasteiger charge is -2.08. The molecule has 0 saturated heterocycles. The van der Waals surface area contributed by atoms with Crippen LogP contribution in [0, 0.1) is 0 Å². The summed E-state index contributed by atoms with van der Waals surface area (Å²) >= 11 is 0. The van der Waals surface area contributed by atoms with Crippen molar-refractivity contribution in [3.8, 4) is 0 Å². The molecule has 0 spiro atoms. The molecule has 0 bridgehead atoms. The molecule has 1 rings (SSSR count). The van der Waals surface area contributed by atoms with Crippen LogP contribution in [-0.2, 0) is 0 Å². The summed E-state index contributed by atoms with van der Waals surface area (Å²) in [6.45, 7) is 2.95. The van der Waals surface area contributed by atoms with Gasteiger partial charge in [0.05, 0.1) is 5.71 Å². The van der Waals surface area contributed by atoms with Crippen LogP contribution in [0.4, 0.5) is 0 Å². The van der Waals surface area contributed by atoms with E-state index in [0.29, 0.717) is 0 Å². The molecule has 0 aromatic rings. The smallest absolute Gasteiger partial charge is 0.114 e. The van der Waals surface area contributed by atoms with Gasteiger partial charge in [-0.05, 0) is 12.5 Å². The Morgan fingerprint density at radius 3 is 3.00 bits per heavy atom. The van der Waals surface area contributed by atoms with E-state index in [4.69, 9.17) is 0 Å². The molecule has 1 aliphatic rings. The monoisotopic (exact) mass is 165 g/mol. The van der Waals surface area contributed by atoms with Crippen LogP contribution in [0.3, 0.4) is 0 Å². The fourth-order valence-corrected chi connectivity index (χ4v) is 1.03. The van der Waals surface area contributed by atoms with Crippen molar-refractivity contribution in [1.29, 1.82) is 0 Å². The zero-order chi connectivity index (χ0) is 8.81. The minimum atomic E-state index is -0.494. The van der Waals surface area contributed by atoms with Crippen LogP contribution in [0.15, 0.2) is 29.3 Å². The van der Waals surface area contributed by atoms with Crippen molar-refractivity contribution in [1.82, 2.24) is 0 Å². The largest absolute Gasteiger partial charge is 0.383 e. The van der Waals surface area contributed by atoms with Crippen molar-refractivity contribution >= 4 is 5.71 Å². The molecule has 0 fully saturated rings. The maximum atomic E-state index is 9.40. The summed E-state index contributed by atoms with van der Waals surface area (Å²) in [4.78, 5) is 4.28. The van der Waals surface area contributed by atoms with Gasteiger partial charge >= 0.3 is 0 Å². The first kappa shape index (κ1) is 9.20. The molecule has 0 heterocycles. The first-order valence-electron chi connectivity index (χ1n) is 4.42. The van der Waals surface area contributed by atoms with E-state index in [0.717, 1.165) is 25.1 Å². The van der Waals surface area contributed by atoms with Gasteiger partial charge in [0.25, 0.3) is 0 Å². The van der Waals surface area contributed by atoms with Gasteiger partial charge in [-0.1, -0.05) is 31.6 Å². The van der Waals surface area contributed by atoms with Crippen molar-refractivity contribution in [2.45, 2.75) is 25.9 Å². The lowest BCUT2D eigenvalue weighted by atomic mass is 10.1. The molecule has 0 radical (unpaired) electrons. The summed E-state index contributed by atoms with van der Waals surface area (Å²) in [5, 5.41) is 9.40. The molecule has 1 atom stereocenters. The Balaban J connectivity index is 2.45. The van der Waals surface area contributed by atoms with Gasteiger partial charge in [-0.15, -0.1) is 0 Å². The number of hydrogen-bond donors (Lipinski definition) is 1. The summed E-state index contributed by atoms with van der Waals surface area (Å²) in [5.41, 5.74) is 0.783. The maximum Gasteiger partial charge on any atom is 0.114 e. The van der Waals surface area contributed by atoms with E-state index in [9.17, 15) is 5.11 Å². The molecule has 2 heteroatoms. The average molecular weight is 165 g/mol. The highest BCUT2D eigenvalue weighted by Crippen LogP contribution is 2.01. The van der Waals surface area contributed by atoms with Gasteiger partial charge in [0.15, 0.2) is 0 Å². The average Bonchev–Trinajstić information content (AvgIpc) is 2.09. The molecule has 1 N–H and O–H groups in total. The molecule has 2 nitrogen and oxygen atoms in total. The van der Waals surface area contributed by atoms with Gasteiger partial charge < -0.3 is 5.11 Å². The van der Waals surface area contributed by atoms with Crippen LogP contribution in [0.2, 0.25) is 0 Å². The summed E-state index contributed by atoms with van der Waals surface area (Å²) in [7, 11) is 0. The van der Waals surface area contributed by atoms with Crippen LogP contribution < -0.4 is 0 Å². The summed E-state index contributed by atoms with van der Waals surface area (Å²) < 4.78 is 0. The molecule has 1 aliphatic carbocycles. The van der Waals surface area contributed by atoms with Gasteiger partial charge in [-0.25, -0.2) is 0 Å². The Morgan fingerprint density at radius 1 is 1.50 bits per heavy atom. The Bertz CT molecular complexity index is 216. The highest BCUT2D eigenvalue weighted by molar-refractivity contribution is 6.00. The molecule has 0 aromatic carbocycles. The highest BCUT2D eigenvalue weighted by Gasteiger charge is 2.06. The normalized spacial score (nSPS) is 25.2. The Hall–Kier alpha value is -0.890.